The van der Waals surface area contributed by atoms with Gasteiger partial charge in [-0.25, -0.2) is 9.98 Å². The van der Waals surface area contributed by atoms with Gasteiger partial charge in [-0.05, 0) is 24.3 Å². The van der Waals surface area contributed by atoms with Crippen LogP contribution in [-0.4, -0.2) is 52.2 Å². The molecule has 2 N–H and O–H groups in total. The maximum Gasteiger partial charge on any atom is 0.471 e. The van der Waals surface area contributed by atoms with Crippen LogP contribution in [0.3, 0.4) is 0 Å². The van der Waals surface area contributed by atoms with Crippen LogP contribution in [0.2, 0.25) is 0 Å². The summed E-state index contributed by atoms with van der Waals surface area (Å²) in [6.07, 6.45) is -7.51. The number of anilines is 2. The van der Waals surface area contributed by atoms with E-state index in [4.69, 9.17) is 5.73 Å². The number of pyridine rings is 1. The van der Waals surface area contributed by atoms with Gasteiger partial charge in [-0.15, -0.1) is 0 Å². The molecule has 3 aromatic rings. The topological polar surface area (TPSA) is 89.4 Å². The van der Waals surface area contributed by atoms with E-state index in [0.717, 1.165) is 25.5 Å². The standard InChI is InChI=1S/C19H14F8N6O/c1-32(16(34)18(22,23)24)12-3-2-10(13(28)5-12)6-29-15-4-11-7-31-33(14(11)8-30-15)9-17(20,21)19(25,26)27/h2-8H,9,28H2,1H3. The largest absolute Gasteiger partial charge is 0.471 e. The lowest BCUT2D eigenvalue weighted by Gasteiger charge is -2.19. The van der Waals surface area contributed by atoms with Crippen molar-refractivity contribution in [2.75, 3.05) is 17.7 Å². The number of carbonyl (C=O) groups is 1. The van der Waals surface area contributed by atoms with Crippen LogP contribution in [0.4, 0.5) is 52.3 Å². The van der Waals surface area contributed by atoms with E-state index in [-0.39, 0.29) is 33.7 Å². The van der Waals surface area contributed by atoms with Crippen molar-refractivity contribution in [3.63, 3.8) is 0 Å². The van der Waals surface area contributed by atoms with Gasteiger partial charge in [-0.2, -0.15) is 40.2 Å². The molecule has 7 nitrogen and oxygen atoms in total. The molecule has 0 spiro atoms. The number of amides is 1. The molecule has 2 heterocycles. The molecule has 0 fully saturated rings. The third-order valence-electron chi connectivity index (χ3n) is 4.62. The first-order chi connectivity index (χ1) is 15.6. The van der Waals surface area contributed by atoms with Gasteiger partial charge in [-0.3, -0.25) is 9.48 Å². The van der Waals surface area contributed by atoms with Crippen LogP contribution >= 0.6 is 0 Å². The molecule has 0 radical (unpaired) electrons. The molecule has 0 bridgehead atoms. The van der Waals surface area contributed by atoms with Crippen LogP contribution in [0, 0.1) is 0 Å². The highest BCUT2D eigenvalue weighted by atomic mass is 19.4. The Kier molecular flexibility index (Phi) is 6.24. The predicted molar refractivity (Wildman–Crippen MR) is 106 cm³/mol. The summed E-state index contributed by atoms with van der Waals surface area (Å²) in [6, 6.07) is 4.93. The summed E-state index contributed by atoms with van der Waals surface area (Å²) in [5, 5.41) is 3.73. The van der Waals surface area contributed by atoms with Crippen LogP contribution in [0.5, 0.6) is 0 Å². The normalized spacial score (nSPS) is 13.1. The van der Waals surface area contributed by atoms with E-state index in [1.165, 1.54) is 24.4 Å². The van der Waals surface area contributed by atoms with Crippen molar-refractivity contribution in [1.29, 1.82) is 0 Å². The lowest BCUT2D eigenvalue weighted by molar-refractivity contribution is -0.287. The summed E-state index contributed by atoms with van der Waals surface area (Å²) in [4.78, 5) is 19.6. The van der Waals surface area contributed by atoms with Gasteiger partial charge in [0, 0.05) is 35.6 Å². The number of aromatic nitrogens is 3. The van der Waals surface area contributed by atoms with Crippen LogP contribution < -0.4 is 10.6 Å². The number of carbonyl (C=O) groups excluding carboxylic acids is 1. The summed E-state index contributed by atoms with van der Waals surface area (Å²) in [5.74, 6) is -7.05. The second-order valence-electron chi connectivity index (χ2n) is 7.04. The molecular weight excluding hydrogens is 480 g/mol. The summed E-state index contributed by atoms with van der Waals surface area (Å²) >= 11 is 0. The third-order valence-corrected chi connectivity index (χ3v) is 4.62. The van der Waals surface area contributed by atoms with Crippen molar-refractivity contribution in [1.82, 2.24) is 14.8 Å². The fourth-order valence-corrected chi connectivity index (χ4v) is 2.77. The second-order valence-corrected chi connectivity index (χ2v) is 7.04. The van der Waals surface area contributed by atoms with E-state index in [1.807, 2.05) is 0 Å². The van der Waals surface area contributed by atoms with Gasteiger partial charge in [0.25, 0.3) is 0 Å². The Hall–Kier alpha value is -3.78. The molecule has 2 aromatic heterocycles. The highest BCUT2D eigenvalue weighted by Crippen LogP contribution is 2.37. The molecule has 0 aliphatic heterocycles. The predicted octanol–water partition coefficient (Wildman–Crippen LogP) is 4.49. The first kappa shape index (κ1) is 24.9. The minimum absolute atomic E-state index is 0.00801. The van der Waals surface area contributed by atoms with Gasteiger partial charge < -0.3 is 10.6 Å². The Morgan fingerprint density at radius 3 is 2.38 bits per heavy atom. The first-order valence-electron chi connectivity index (χ1n) is 9.15. The van der Waals surface area contributed by atoms with E-state index in [1.54, 1.807) is 0 Å². The zero-order valence-electron chi connectivity index (χ0n) is 17.0. The molecule has 182 valence electrons. The number of rotatable bonds is 5. The molecule has 1 amide bonds. The minimum atomic E-state index is -5.74. The molecule has 15 heteroatoms. The van der Waals surface area contributed by atoms with Crippen LogP contribution in [0.25, 0.3) is 10.9 Å². The molecule has 3 rings (SSSR count). The van der Waals surface area contributed by atoms with Crippen LogP contribution in [0.15, 0.2) is 41.7 Å². The molecule has 0 unspecified atom stereocenters. The SMILES string of the molecule is CN(C(=O)C(F)(F)F)c1ccc(C=Nc2cc3cnn(CC(F)(F)C(F)(F)F)c3cn2)c(N)c1. The van der Waals surface area contributed by atoms with E-state index < -0.39 is 30.7 Å². The van der Waals surface area contributed by atoms with Gasteiger partial charge in [0.15, 0.2) is 5.82 Å². The molecule has 0 aliphatic carbocycles. The maximum absolute atomic E-state index is 13.3. The molecule has 0 saturated carbocycles. The zero-order valence-corrected chi connectivity index (χ0v) is 17.0. The van der Waals surface area contributed by atoms with Gasteiger partial charge in [0.05, 0.1) is 17.9 Å². The van der Waals surface area contributed by atoms with Crippen molar-refractivity contribution in [2.24, 2.45) is 4.99 Å². The quantitative estimate of drug-likeness (QED) is 0.322. The maximum atomic E-state index is 13.3. The highest BCUT2D eigenvalue weighted by molar-refractivity contribution is 5.98. The fraction of sp³-hybridized carbons (Fsp3) is 0.263. The van der Waals surface area contributed by atoms with E-state index >= 15 is 0 Å². The Morgan fingerprint density at radius 1 is 1.12 bits per heavy atom. The second kappa shape index (κ2) is 8.53. The number of alkyl halides is 8. The zero-order chi connectivity index (χ0) is 25.5. The average Bonchev–Trinajstić information content (AvgIpc) is 3.11. The number of nitrogens with two attached hydrogens (primary N) is 1. The van der Waals surface area contributed by atoms with Crippen LogP contribution in [-0.2, 0) is 11.3 Å². The summed E-state index contributed by atoms with van der Waals surface area (Å²) < 4.78 is 102. The van der Waals surface area contributed by atoms with Crippen molar-refractivity contribution in [3.05, 3.63) is 42.2 Å². The Bertz CT molecular complexity index is 1250. The highest BCUT2D eigenvalue weighted by Gasteiger charge is 2.57. The van der Waals surface area contributed by atoms with Crippen molar-refractivity contribution >= 4 is 40.2 Å². The van der Waals surface area contributed by atoms with E-state index in [0.29, 0.717) is 9.58 Å². The third kappa shape index (κ3) is 5.07. The number of hydrogen-bond acceptors (Lipinski definition) is 5. The number of aliphatic imine (C=N–C) groups is 1. The van der Waals surface area contributed by atoms with Gasteiger partial charge >= 0.3 is 24.2 Å². The minimum Gasteiger partial charge on any atom is -0.398 e. The lowest BCUT2D eigenvalue weighted by Crippen LogP contribution is -2.40. The van der Waals surface area contributed by atoms with Gasteiger partial charge in [0.1, 0.15) is 6.54 Å². The number of nitrogen functional groups attached to an aromatic ring is 1. The smallest absolute Gasteiger partial charge is 0.398 e. The molecular formula is C19H14F8N6O. The van der Waals surface area contributed by atoms with Gasteiger partial charge in [0.2, 0.25) is 0 Å². The van der Waals surface area contributed by atoms with Crippen molar-refractivity contribution in [2.45, 2.75) is 24.8 Å². The summed E-state index contributed by atoms with van der Waals surface area (Å²) in [5.41, 5.74) is 5.88. The Balaban J connectivity index is 1.80. The number of benzene rings is 1. The van der Waals surface area contributed by atoms with Crippen LogP contribution in [0.1, 0.15) is 5.56 Å². The summed E-state index contributed by atoms with van der Waals surface area (Å²) in [7, 11) is 0.933. The van der Waals surface area contributed by atoms with Gasteiger partial charge in [-0.1, -0.05) is 0 Å². The molecule has 0 atom stereocenters. The van der Waals surface area contributed by atoms with E-state index in [9.17, 15) is 39.9 Å². The number of hydrogen-bond donors (Lipinski definition) is 1. The molecule has 0 saturated heterocycles. The summed E-state index contributed by atoms with van der Waals surface area (Å²) in [6.45, 7) is -1.72. The monoisotopic (exact) mass is 494 g/mol. The number of fused-ring (bicyclic) bond motifs is 1. The Morgan fingerprint density at radius 2 is 1.79 bits per heavy atom. The average molecular weight is 494 g/mol. The fourth-order valence-electron chi connectivity index (χ4n) is 2.77. The number of halogens is 8. The molecule has 34 heavy (non-hydrogen) atoms. The molecule has 0 aliphatic rings. The Labute approximate surface area is 185 Å². The van der Waals surface area contributed by atoms with Crippen molar-refractivity contribution in [3.8, 4) is 0 Å². The van der Waals surface area contributed by atoms with Crippen molar-refractivity contribution < 1.29 is 39.9 Å². The molecule has 1 aromatic carbocycles. The first-order valence-corrected chi connectivity index (χ1v) is 9.15. The lowest BCUT2D eigenvalue weighted by atomic mass is 10.1. The number of nitrogens with zero attached hydrogens (tertiary/aromatic N) is 5. The van der Waals surface area contributed by atoms with E-state index in [2.05, 4.69) is 15.1 Å².